The molecule has 4 bridgehead atoms. The summed E-state index contributed by atoms with van der Waals surface area (Å²) in [7, 11) is 0. The summed E-state index contributed by atoms with van der Waals surface area (Å²) < 4.78 is 5.65. The minimum atomic E-state index is -0.185. The van der Waals surface area contributed by atoms with Gasteiger partial charge in [-0.25, -0.2) is 0 Å². The summed E-state index contributed by atoms with van der Waals surface area (Å²) in [6.07, 6.45) is 10.7. The summed E-state index contributed by atoms with van der Waals surface area (Å²) >= 11 is 0. The molecule has 30 heavy (non-hydrogen) atoms. The molecule has 3 heterocycles. The molecule has 2 unspecified atom stereocenters. The third kappa shape index (κ3) is 2.75. The van der Waals surface area contributed by atoms with Gasteiger partial charge in [0, 0.05) is 12.7 Å². The number of carbonyl (C=O) groups excluding carboxylic acids is 1. The SMILES string of the molecule is C[C@]12CC3CC(C(=O)N4CCC[C@H]4c4nc(-c5ccccn5)no4)(C1)C[C@@](C)(C3)C2. The monoisotopic (exact) mass is 406 g/mol. The van der Waals surface area contributed by atoms with Crippen LogP contribution < -0.4 is 0 Å². The lowest BCUT2D eigenvalue weighted by molar-refractivity contribution is -0.180. The number of hydrogen-bond acceptors (Lipinski definition) is 5. The van der Waals surface area contributed by atoms with Crippen LogP contribution in [0.1, 0.15) is 77.1 Å². The van der Waals surface area contributed by atoms with E-state index in [1.165, 1.54) is 19.3 Å². The van der Waals surface area contributed by atoms with Gasteiger partial charge in [0.2, 0.25) is 17.6 Å². The summed E-state index contributed by atoms with van der Waals surface area (Å²) in [5, 5.41) is 4.15. The van der Waals surface area contributed by atoms with E-state index in [-0.39, 0.29) is 11.5 Å². The zero-order valence-corrected chi connectivity index (χ0v) is 17.9. The fourth-order valence-corrected chi connectivity index (χ4v) is 8.23. The van der Waals surface area contributed by atoms with Crippen LogP contribution in [0.2, 0.25) is 0 Å². The third-order valence-electron chi connectivity index (χ3n) is 8.21. The Morgan fingerprint density at radius 3 is 2.63 bits per heavy atom. The molecule has 6 heteroatoms. The lowest BCUT2D eigenvalue weighted by atomic mass is 9.40. The maximum atomic E-state index is 14.1. The van der Waals surface area contributed by atoms with Crippen LogP contribution in [0, 0.1) is 22.2 Å². The standard InChI is InChI=1S/C24H30N4O2/c1-22-10-16-11-23(2,13-22)15-24(12-16,14-22)21(29)28-9-5-7-18(28)20-26-19(27-30-20)17-6-3-4-8-25-17/h3-4,6,8,16,18H,5,7,9-15H2,1-2H3/t16?,18-,22-,23+,24?/m0/s1. The van der Waals surface area contributed by atoms with E-state index in [0.717, 1.165) is 38.6 Å². The van der Waals surface area contributed by atoms with Crippen LogP contribution in [0.3, 0.4) is 0 Å². The Kier molecular flexibility index (Phi) is 3.79. The van der Waals surface area contributed by atoms with Gasteiger partial charge in [-0.2, -0.15) is 4.98 Å². The highest BCUT2D eigenvalue weighted by Gasteiger charge is 2.63. The molecule has 5 atom stereocenters. The molecule has 0 N–H and O–H groups in total. The van der Waals surface area contributed by atoms with E-state index in [1.807, 2.05) is 18.2 Å². The van der Waals surface area contributed by atoms with Crippen molar-refractivity contribution in [1.29, 1.82) is 0 Å². The molecule has 0 spiro atoms. The van der Waals surface area contributed by atoms with Crippen LogP contribution in [-0.2, 0) is 4.79 Å². The highest BCUT2D eigenvalue weighted by Crippen LogP contribution is 2.70. The Bertz CT molecular complexity index is 968. The van der Waals surface area contributed by atoms with Crippen molar-refractivity contribution >= 4 is 5.91 Å². The molecule has 7 rings (SSSR count). The maximum Gasteiger partial charge on any atom is 0.249 e. The molecule has 0 radical (unpaired) electrons. The molecule has 4 aliphatic carbocycles. The van der Waals surface area contributed by atoms with E-state index >= 15 is 0 Å². The van der Waals surface area contributed by atoms with Crippen molar-refractivity contribution in [1.82, 2.24) is 20.0 Å². The summed E-state index contributed by atoms with van der Waals surface area (Å²) in [5.74, 6) is 2.12. The predicted octanol–water partition coefficient (Wildman–Crippen LogP) is 4.79. The van der Waals surface area contributed by atoms with Gasteiger partial charge in [0.1, 0.15) is 11.7 Å². The molecule has 5 fully saturated rings. The minimum absolute atomic E-state index is 0.101. The minimum Gasteiger partial charge on any atom is -0.337 e. The number of carbonyl (C=O) groups is 1. The normalized spacial score (nSPS) is 39.6. The number of rotatable bonds is 3. The molecule has 158 valence electrons. The molecule has 0 aromatic carbocycles. The van der Waals surface area contributed by atoms with Gasteiger partial charge in [-0.1, -0.05) is 25.1 Å². The van der Waals surface area contributed by atoms with E-state index in [2.05, 4.69) is 33.9 Å². The Hall–Kier alpha value is -2.24. The number of amides is 1. The zero-order chi connectivity index (χ0) is 20.6. The number of aromatic nitrogens is 3. The summed E-state index contributed by atoms with van der Waals surface area (Å²) in [5.41, 5.74) is 1.17. The van der Waals surface area contributed by atoms with Gasteiger partial charge in [-0.05, 0) is 80.2 Å². The van der Waals surface area contributed by atoms with Crippen LogP contribution in [-0.4, -0.2) is 32.5 Å². The van der Waals surface area contributed by atoms with Crippen LogP contribution in [0.25, 0.3) is 11.5 Å². The highest BCUT2D eigenvalue weighted by atomic mass is 16.5. The molecule has 1 amide bonds. The van der Waals surface area contributed by atoms with Crippen molar-refractivity contribution in [2.75, 3.05) is 6.54 Å². The van der Waals surface area contributed by atoms with Crippen molar-refractivity contribution in [2.45, 2.75) is 71.3 Å². The van der Waals surface area contributed by atoms with E-state index in [0.29, 0.717) is 40.1 Å². The lowest BCUT2D eigenvalue weighted by Crippen LogP contribution is -2.60. The number of nitrogens with zero attached hydrogens (tertiary/aromatic N) is 4. The number of pyridine rings is 1. The van der Waals surface area contributed by atoms with Crippen LogP contribution in [0.4, 0.5) is 0 Å². The largest absolute Gasteiger partial charge is 0.337 e. The predicted molar refractivity (Wildman–Crippen MR) is 111 cm³/mol. The van der Waals surface area contributed by atoms with Crippen molar-refractivity contribution in [3.05, 3.63) is 30.3 Å². The highest BCUT2D eigenvalue weighted by molar-refractivity contribution is 5.84. The Balaban J connectivity index is 1.29. The Morgan fingerprint density at radius 2 is 1.93 bits per heavy atom. The molecule has 2 aromatic heterocycles. The fourth-order valence-electron chi connectivity index (χ4n) is 8.23. The summed E-state index contributed by atoms with van der Waals surface area (Å²) in [4.78, 5) is 25.1. The second-order valence-electron chi connectivity index (χ2n) is 11.2. The van der Waals surface area contributed by atoms with Gasteiger partial charge in [0.15, 0.2) is 0 Å². The quantitative estimate of drug-likeness (QED) is 0.733. The van der Waals surface area contributed by atoms with Crippen LogP contribution >= 0.6 is 0 Å². The molecule has 6 nitrogen and oxygen atoms in total. The molecule has 2 aromatic rings. The van der Waals surface area contributed by atoms with E-state index in [1.54, 1.807) is 6.20 Å². The summed E-state index contributed by atoms with van der Waals surface area (Å²) in [6.45, 7) is 5.65. The molecule has 5 aliphatic rings. The first-order chi connectivity index (χ1) is 14.4. The zero-order valence-electron chi connectivity index (χ0n) is 17.9. The van der Waals surface area contributed by atoms with Crippen LogP contribution in [0.5, 0.6) is 0 Å². The molecule has 4 saturated carbocycles. The number of hydrogen-bond donors (Lipinski definition) is 0. The average Bonchev–Trinajstić information content (AvgIpc) is 3.34. The van der Waals surface area contributed by atoms with Gasteiger partial charge in [0.25, 0.3) is 0 Å². The van der Waals surface area contributed by atoms with Gasteiger partial charge < -0.3 is 9.42 Å². The van der Waals surface area contributed by atoms with Crippen molar-refractivity contribution in [3.63, 3.8) is 0 Å². The second-order valence-corrected chi connectivity index (χ2v) is 11.2. The number of likely N-dealkylation sites (tertiary alicyclic amines) is 1. The summed E-state index contributed by atoms with van der Waals surface area (Å²) in [6, 6.07) is 5.56. The smallest absolute Gasteiger partial charge is 0.249 e. The first-order valence-corrected chi connectivity index (χ1v) is 11.4. The average molecular weight is 407 g/mol. The second kappa shape index (κ2) is 6.14. The van der Waals surface area contributed by atoms with Crippen LogP contribution in [0.15, 0.2) is 28.9 Å². The Morgan fingerprint density at radius 1 is 1.13 bits per heavy atom. The topological polar surface area (TPSA) is 72.1 Å². The van der Waals surface area contributed by atoms with Gasteiger partial charge in [-0.15, -0.1) is 0 Å². The van der Waals surface area contributed by atoms with Crippen molar-refractivity contribution in [3.8, 4) is 11.5 Å². The van der Waals surface area contributed by atoms with E-state index < -0.39 is 0 Å². The van der Waals surface area contributed by atoms with Crippen molar-refractivity contribution in [2.24, 2.45) is 22.2 Å². The Labute approximate surface area is 177 Å². The maximum absolute atomic E-state index is 14.1. The van der Waals surface area contributed by atoms with Gasteiger partial charge in [-0.3, -0.25) is 9.78 Å². The first-order valence-electron chi connectivity index (χ1n) is 11.4. The van der Waals surface area contributed by atoms with E-state index in [4.69, 9.17) is 4.52 Å². The molecule has 1 saturated heterocycles. The fraction of sp³-hybridized carbons (Fsp3) is 0.667. The van der Waals surface area contributed by atoms with Gasteiger partial charge in [0.05, 0.1) is 5.41 Å². The first kappa shape index (κ1) is 18.5. The lowest BCUT2D eigenvalue weighted by Gasteiger charge is -2.65. The van der Waals surface area contributed by atoms with E-state index in [9.17, 15) is 4.79 Å². The van der Waals surface area contributed by atoms with Gasteiger partial charge >= 0.3 is 0 Å². The third-order valence-corrected chi connectivity index (χ3v) is 8.21. The molecular weight excluding hydrogens is 376 g/mol. The van der Waals surface area contributed by atoms with Crippen molar-refractivity contribution < 1.29 is 9.32 Å². The molecule has 1 aliphatic heterocycles. The molecular formula is C24H30N4O2.